The van der Waals surface area contributed by atoms with Crippen LogP contribution >= 0.6 is 0 Å². The van der Waals surface area contributed by atoms with Gasteiger partial charge in [-0.2, -0.15) is 0 Å². The van der Waals surface area contributed by atoms with E-state index in [0.717, 1.165) is 105 Å². The summed E-state index contributed by atoms with van der Waals surface area (Å²) in [5, 5.41) is 6.44. The summed E-state index contributed by atoms with van der Waals surface area (Å²) >= 11 is 0. The molecule has 0 saturated carbocycles. The van der Waals surface area contributed by atoms with Gasteiger partial charge < -0.3 is 13.3 Å². The third-order valence-corrected chi connectivity index (χ3v) is 11.0. The van der Waals surface area contributed by atoms with Crippen LogP contribution in [0, 0.1) is 0 Å². The van der Waals surface area contributed by atoms with Gasteiger partial charge in [-0.3, -0.25) is 0 Å². The molecule has 0 amide bonds. The summed E-state index contributed by atoms with van der Waals surface area (Å²) in [6.07, 6.45) is 0. The van der Waals surface area contributed by atoms with Crippen LogP contribution in [0.3, 0.4) is 0 Å². The van der Waals surface area contributed by atoms with Crippen molar-refractivity contribution in [2.45, 2.75) is 0 Å². The lowest BCUT2D eigenvalue weighted by atomic mass is 10.0. The van der Waals surface area contributed by atoms with Crippen molar-refractivity contribution < 1.29 is 13.3 Å². The smallest absolute Gasteiger partial charge is 0.164 e. The highest BCUT2D eigenvalue weighted by molar-refractivity contribution is 6.08. The Labute approximate surface area is 325 Å². The van der Waals surface area contributed by atoms with Crippen molar-refractivity contribution in [3.8, 4) is 56.4 Å². The number of benzene rings is 8. The predicted octanol–water partition coefficient (Wildman–Crippen LogP) is 13.9. The number of para-hydroxylation sites is 2. The lowest BCUT2D eigenvalue weighted by molar-refractivity contribution is 0.668. The van der Waals surface area contributed by atoms with Crippen molar-refractivity contribution >= 4 is 65.8 Å². The first kappa shape index (κ1) is 31.5. The summed E-state index contributed by atoms with van der Waals surface area (Å²) < 4.78 is 18.9. The van der Waals surface area contributed by atoms with Crippen molar-refractivity contribution in [3.63, 3.8) is 0 Å². The average Bonchev–Trinajstić information content (AvgIpc) is 3.96. The quantitative estimate of drug-likeness (QED) is 0.175. The van der Waals surface area contributed by atoms with Crippen LogP contribution in [0.25, 0.3) is 122 Å². The molecule has 0 aliphatic rings. The van der Waals surface area contributed by atoms with Gasteiger partial charge in [0.05, 0.1) is 0 Å². The van der Waals surface area contributed by atoms with Gasteiger partial charge in [0.25, 0.3) is 0 Å². The van der Waals surface area contributed by atoms with Gasteiger partial charge in [0.15, 0.2) is 17.5 Å². The first-order chi connectivity index (χ1) is 28.2. The number of aromatic nitrogens is 3. The molecular weight excluding hydrogens is 703 g/mol. The standard InChI is InChI=1S/C51H29N3O3/c1-2-8-30(9-3-1)33-21-25-45-42(26-33)41-24-20-36(29-48(41)57-45)51-53-49(52-50(54-51)35-19-23-40-38-11-5-7-13-44(38)56-47(40)28-35)32-16-14-31(15-17-32)34-18-22-39-37-10-4-6-12-43(37)55-46(39)27-34/h1-29H. The monoisotopic (exact) mass is 731 g/mol. The van der Waals surface area contributed by atoms with Gasteiger partial charge in [0, 0.05) is 49.0 Å². The molecule has 4 aromatic heterocycles. The average molecular weight is 732 g/mol. The van der Waals surface area contributed by atoms with Gasteiger partial charge in [-0.25, -0.2) is 15.0 Å². The number of nitrogens with zero attached hydrogens (tertiary/aromatic N) is 3. The zero-order chi connectivity index (χ0) is 37.5. The highest BCUT2D eigenvalue weighted by atomic mass is 16.3. The lowest BCUT2D eigenvalue weighted by Crippen LogP contribution is -2.00. The zero-order valence-corrected chi connectivity index (χ0v) is 30.3. The van der Waals surface area contributed by atoms with Crippen molar-refractivity contribution in [2.75, 3.05) is 0 Å². The fourth-order valence-electron chi connectivity index (χ4n) is 8.07. The Morgan fingerprint density at radius 1 is 0.228 bits per heavy atom. The molecule has 0 atom stereocenters. The molecule has 266 valence electrons. The van der Waals surface area contributed by atoms with Crippen molar-refractivity contribution in [1.29, 1.82) is 0 Å². The molecule has 0 unspecified atom stereocenters. The van der Waals surface area contributed by atoms with Crippen LogP contribution in [0.1, 0.15) is 0 Å². The SMILES string of the molecule is c1ccc(-c2ccc3oc4cc(-c5nc(-c6ccc(-c7ccc8c(c7)oc7ccccc78)cc6)nc(-c6ccc7c(c6)oc6ccccc67)n5)ccc4c3c2)cc1. The van der Waals surface area contributed by atoms with Crippen molar-refractivity contribution in [1.82, 2.24) is 15.0 Å². The first-order valence-corrected chi connectivity index (χ1v) is 18.9. The molecule has 0 fully saturated rings. The third-order valence-electron chi connectivity index (χ3n) is 11.0. The summed E-state index contributed by atoms with van der Waals surface area (Å²) in [6.45, 7) is 0. The van der Waals surface area contributed by atoms with Crippen molar-refractivity contribution in [2.24, 2.45) is 0 Å². The highest BCUT2D eigenvalue weighted by Gasteiger charge is 2.17. The van der Waals surface area contributed by atoms with E-state index in [1.54, 1.807) is 0 Å². The lowest BCUT2D eigenvalue weighted by Gasteiger charge is -2.09. The predicted molar refractivity (Wildman–Crippen MR) is 229 cm³/mol. The summed E-state index contributed by atoms with van der Waals surface area (Å²) in [5.74, 6) is 1.66. The van der Waals surface area contributed by atoms with Gasteiger partial charge in [0.1, 0.15) is 33.5 Å². The minimum atomic E-state index is 0.548. The molecule has 12 rings (SSSR count). The molecule has 6 heteroatoms. The van der Waals surface area contributed by atoms with Crippen LogP contribution in [0.15, 0.2) is 189 Å². The van der Waals surface area contributed by atoms with E-state index in [2.05, 4.69) is 115 Å². The molecule has 0 saturated heterocycles. The topological polar surface area (TPSA) is 78.1 Å². The Balaban J connectivity index is 0.970. The fourth-order valence-corrected chi connectivity index (χ4v) is 8.07. The van der Waals surface area contributed by atoms with E-state index >= 15 is 0 Å². The minimum Gasteiger partial charge on any atom is -0.456 e. The second-order valence-electron chi connectivity index (χ2n) is 14.4. The zero-order valence-electron chi connectivity index (χ0n) is 30.3. The van der Waals surface area contributed by atoms with Crippen LogP contribution in [0.5, 0.6) is 0 Å². The minimum absolute atomic E-state index is 0.548. The second-order valence-corrected chi connectivity index (χ2v) is 14.4. The van der Waals surface area contributed by atoms with Crippen LogP contribution in [0.2, 0.25) is 0 Å². The number of fused-ring (bicyclic) bond motifs is 9. The van der Waals surface area contributed by atoms with E-state index < -0.39 is 0 Å². The van der Waals surface area contributed by atoms with E-state index in [1.165, 1.54) is 0 Å². The Morgan fingerprint density at radius 2 is 0.596 bits per heavy atom. The molecule has 0 aliphatic carbocycles. The number of hydrogen-bond acceptors (Lipinski definition) is 6. The van der Waals surface area contributed by atoms with Crippen molar-refractivity contribution in [3.05, 3.63) is 176 Å². The Kier molecular flexibility index (Phi) is 6.83. The molecule has 57 heavy (non-hydrogen) atoms. The van der Waals surface area contributed by atoms with Crippen LogP contribution < -0.4 is 0 Å². The maximum absolute atomic E-state index is 6.42. The maximum Gasteiger partial charge on any atom is 0.164 e. The molecule has 12 aromatic rings. The van der Waals surface area contributed by atoms with Gasteiger partial charge in [-0.15, -0.1) is 0 Å². The third kappa shape index (κ3) is 5.23. The highest BCUT2D eigenvalue weighted by Crippen LogP contribution is 2.37. The molecule has 0 N–H and O–H groups in total. The second kappa shape index (κ2) is 12.3. The van der Waals surface area contributed by atoms with Crippen LogP contribution in [-0.2, 0) is 0 Å². The number of hydrogen-bond donors (Lipinski definition) is 0. The van der Waals surface area contributed by atoms with E-state index in [1.807, 2.05) is 60.7 Å². The van der Waals surface area contributed by atoms with Gasteiger partial charge in [-0.05, 0) is 82.9 Å². The summed E-state index contributed by atoms with van der Waals surface area (Å²) in [6, 6.07) is 60.0. The van der Waals surface area contributed by atoms with E-state index in [9.17, 15) is 0 Å². The summed E-state index contributed by atoms with van der Waals surface area (Å²) in [7, 11) is 0. The molecule has 0 spiro atoms. The largest absolute Gasteiger partial charge is 0.456 e. The Bertz CT molecular complexity index is 3520. The molecule has 0 bridgehead atoms. The molecular formula is C51H29N3O3. The van der Waals surface area contributed by atoms with Gasteiger partial charge in [0.2, 0.25) is 0 Å². The van der Waals surface area contributed by atoms with E-state index in [-0.39, 0.29) is 0 Å². The number of furan rings is 3. The van der Waals surface area contributed by atoms with Gasteiger partial charge in [-0.1, -0.05) is 115 Å². The van der Waals surface area contributed by atoms with E-state index in [4.69, 9.17) is 28.2 Å². The Hall–Kier alpha value is -7.83. The molecule has 6 nitrogen and oxygen atoms in total. The van der Waals surface area contributed by atoms with Crippen LogP contribution in [0.4, 0.5) is 0 Å². The fraction of sp³-hybridized carbons (Fsp3) is 0. The molecule has 4 heterocycles. The number of rotatable bonds is 5. The first-order valence-electron chi connectivity index (χ1n) is 18.9. The summed E-state index contributed by atoms with van der Waals surface area (Å²) in [4.78, 5) is 15.2. The summed E-state index contributed by atoms with van der Waals surface area (Å²) in [5.41, 5.74) is 12.0. The molecule has 0 radical (unpaired) electrons. The maximum atomic E-state index is 6.42. The van der Waals surface area contributed by atoms with E-state index in [0.29, 0.717) is 17.5 Å². The Morgan fingerprint density at radius 3 is 1.19 bits per heavy atom. The normalized spacial score (nSPS) is 11.9. The molecule has 0 aliphatic heterocycles. The van der Waals surface area contributed by atoms with Crippen LogP contribution in [-0.4, -0.2) is 15.0 Å². The molecule has 8 aromatic carbocycles. The van der Waals surface area contributed by atoms with Gasteiger partial charge >= 0.3 is 0 Å².